The summed E-state index contributed by atoms with van der Waals surface area (Å²) in [5.41, 5.74) is 1.51. The van der Waals surface area contributed by atoms with Gasteiger partial charge < -0.3 is 14.7 Å². The number of aromatic nitrogens is 2. The molecule has 0 bridgehead atoms. The van der Waals surface area contributed by atoms with Gasteiger partial charge in [0.15, 0.2) is 0 Å². The van der Waals surface area contributed by atoms with Crippen molar-refractivity contribution in [1.82, 2.24) is 20.4 Å². The van der Waals surface area contributed by atoms with Gasteiger partial charge in [0.2, 0.25) is 11.7 Å². The van der Waals surface area contributed by atoms with Crippen LogP contribution in [0, 0.1) is 5.92 Å². The van der Waals surface area contributed by atoms with E-state index in [0.29, 0.717) is 12.1 Å². The van der Waals surface area contributed by atoms with Crippen LogP contribution >= 0.6 is 0 Å². The molecule has 32 heavy (non-hydrogen) atoms. The van der Waals surface area contributed by atoms with Gasteiger partial charge >= 0.3 is 12.1 Å². The van der Waals surface area contributed by atoms with Gasteiger partial charge in [-0.3, -0.25) is 9.59 Å². The molecule has 2 saturated carbocycles. The van der Waals surface area contributed by atoms with Crippen LogP contribution in [-0.2, 0) is 17.5 Å². The molecule has 2 atom stereocenters. The molecule has 1 N–H and O–H groups in total. The maximum Gasteiger partial charge on any atom is 0.471 e. The number of fused-ring (bicyclic) bond motifs is 1. The van der Waals surface area contributed by atoms with E-state index in [0.717, 1.165) is 50.5 Å². The Morgan fingerprint density at radius 2 is 1.91 bits per heavy atom. The van der Waals surface area contributed by atoms with Crippen molar-refractivity contribution in [2.75, 3.05) is 0 Å². The SMILES string of the molecule is O=C(N[C@@H]1CCCC[C@H]1N1Cc2ccc(-c3noc(C(F)(F)F)n3)cc2C1=O)C1CCC1. The highest BCUT2D eigenvalue weighted by Crippen LogP contribution is 2.35. The summed E-state index contributed by atoms with van der Waals surface area (Å²) >= 11 is 0. The van der Waals surface area contributed by atoms with Crippen molar-refractivity contribution in [1.29, 1.82) is 0 Å². The second-order valence-electron chi connectivity index (χ2n) is 8.82. The topological polar surface area (TPSA) is 88.3 Å². The minimum atomic E-state index is -4.73. The predicted octanol–water partition coefficient (Wildman–Crippen LogP) is 3.94. The fraction of sp³-hybridized carbons (Fsp3) is 0.545. The molecule has 0 unspecified atom stereocenters. The summed E-state index contributed by atoms with van der Waals surface area (Å²) in [7, 11) is 0. The molecule has 0 saturated heterocycles. The van der Waals surface area contributed by atoms with Gasteiger partial charge in [-0.1, -0.05) is 36.6 Å². The molecular weight excluding hydrogens is 425 g/mol. The molecular formula is C22H23F3N4O3. The lowest BCUT2D eigenvalue weighted by molar-refractivity contribution is -0.159. The highest BCUT2D eigenvalue weighted by Gasteiger charge is 2.41. The fourth-order valence-corrected chi connectivity index (χ4v) is 4.81. The normalized spacial score (nSPS) is 23.7. The molecule has 1 aromatic carbocycles. The Balaban J connectivity index is 1.35. The second kappa shape index (κ2) is 7.90. The van der Waals surface area contributed by atoms with E-state index in [1.807, 2.05) is 0 Å². The molecule has 2 heterocycles. The molecule has 2 aromatic rings. The quantitative estimate of drug-likeness (QED) is 0.766. The Kier molecular flexibility index (Phi) is 5.17. The molecule has 2 aliphatic carbocycles. The lowest BCUT2D eigenvalue weighted by atomic mass is 9.83. The smallest absolute Gasteiger partial charge is 0.351 e. The van der Waals surface area contributed by atoms with E-state index in [4.69, 9.17) is 0 Å². The van der Waals surface area contributed by atoms with Crippen LogP contribution in [-0.4, -0.2) is 38.9 Å². The molecule has 2 amide bonds. The van der Waals surface area contributed by atoms with Crippen LogP contribution in [0.15, 0.2) is 22.7 Å². The number of amides is 2. The van der Waals surface area contributed by atoms with Gasteiger partial charge in [0, 0.05) is 29.6 Å². The maximum absolute atomic E-state index is 13.2. The number of halogens is 3. The first-order valence-corrected chi connectivity index (χ1v) is 11.0. The minimum Gasteiger partial charge on any atom is -0.351 e. The standard InChI is InChI=1S/C22H23F3N4O3/c23-22(24,25)21-27-18(28-32-21)13-8-9-14-11-29(20(31)15(14)10-13)17-7-2-1-6-16(17)26-19(30)12-4-3-5-12/h8-10,12,16-17H,1-7,11H2,(H,26,30)/t16-,17-/m1/s1. The maximum atomic E-state index is 13.2. The third kappa shape index (κ3) is 3.75. The molecule has 1 aromatic heterocycles. The summed E-state index contributed by atoms with van der Waals surface area (Å²) < 4.78 is 42.6. The van der Waals surface area contributed by atoms with Gasteiger partial charge in [-0.05, 0) is 37.3 Å². The van der Waals surface area contributed by atoms with Crippen LogP contribution in [0.2, 0.25) is 0 Å². The summed E-state index contributed by atoms with van der Waals surface area (Å²) in [5.74, 6) is -1.65. The van der Waals surface area contributed by atoms with Crippen LogP contribution in [0.25, 0.3) is 11.4 Å². The van der Waals surface area contributed by atoms with Gasteiger partial charge in [0.25, 0.3) is 5.91 Å². The zero-order valence-electron chi connectivity index (χ0n) is 17.3. The first-order valence-electron chi connectivity index (χ1n) is 11.0. The van der Waals surface area contributed by atoms with Crippen molar-refractivity contribution in [2.45, 2.75) is 69.8 Å². The third-order valence-electron chi connectivity index (χ3n) is 6.80. The van der Waals surface area contributed by atoms with Crippen molar-refractivity contribution in [2.24, 2.45) is 5.92 Å². The number of nitrogens with zero attached hydrogens (tertiary/aromatic N) is 3. The lowest BCUT2D eigenvalue weighted by Gasteiger charge is -2.39. The molecule has 0 radical (unpaired) electrons. The van der Waals surface area contributed by atoms with E-state index >= 15 is 0 Å². The largest absolute Gasteiger partial charge is 0.471 e. The summed E-state index contributed by atoms with van der Waals surface area (Å²) in [6.45, 7) is 0.412. The number of nitrogens with one attached hydrogen (secondary N) is 1. The van der Waals surface area contributed by atoms with Crippen molar-refractivity contribution in [3.63, 3.8) is 0 Å². The fourth-order valence-electron chi connectivity index (χ4n) is 4.81. The van der Waals surface area contributed by atoms with Crippen LogP contribution in [0.3, 0.4) is 0 Å². The lowest BCUT2D eigenvalue weighted by Crippen LogP contribution is -2.54. The zero-order chi connectivity index (χ0) is 22.5. The van der Waals surface area contributed by atoms with Crippen LogP contribution in [0.4, 0.5) is 13.2 Å². The first-order chi connectivity index (χ1) is 15.3. The molecule has 0 spiro atoms. The van der Waals surface area contributed by atoms with E-state index in [-0.39, 0.29) is 41.2 Å². The molecule has 5 rings (SSSR count). The summed E-state index contributed by atoms with van der Waals surface area (Å²) in [4.78, 5) is 31.0. The van der Waals surface area contributed by atoms with Crippen LogP contribution in [0.5, 0.6) is 0 Å². The number of hydrogen-bond acceptors (Lipinski definition) is 5. The average Bonchev–Trinajstić information content (AvgIpc) is 3.32. The molecule has 1 aliphatic heterocycles. The van der Waals surface area contributed by atoms with E-state index in [2.05, 4.69) is 20.0 Å². The van der Waals surface area contributed by atoms with Crippen molar-refractivity contribution in [3.05, 3.63) is 35.2 Å². The van der Waals surface area contributed by atoms with Gasteiger partial charge in [0.05, 0.1) is 6.04 Å². The molecule has 10 heteroatoms. The Hall–Kier alpha value is -2.91. The highest BCUT2D eigenvalue weighted by atomic mass is 19.4. The van der Waals surface area contributed by atoms with E-state index in [9.17, 15) is 22.8 Å². The second-order valence-corrected chi connectivity index (χ2v) is 8.82. The predicted molar refractivity (Wildman–Crippen MR) is 106 cm³/mol. The Morgan fingerprint density at radius 1 is 1.12 bits per heavy atom. The van der Waals surface area contributed by atoms with Crippen molar-refractivity contribution in [3.8, 4) is 11.4 Å². The van der Waals surface area contributed by atoms with E-state index < -0.39 is 12.1 Å². The number of carbonyl (C=O) groups is 2. The van der Waals surface area contributed by atoms with Gasteiger partial charge in [-0.15, -0.1) is 0 Å². The molecule has 170 valence electrons. The summed E-state index contributed by atoms with van der Waals surface area (Å²) in [5, 5.41) is 6.59. The van der Waals surface area contributed by atoms with Crippen molar-refractivity contribution < 1.29 is 27.3 Å². The number of alkyl halides is 3. The Bertz CT molecular complexity index is 1050. The van der Waals surface area contributed by atoms with E-state index in [1.54, 1.807) is 17.0 Å². The monoisotopic (exact) mass is 448 g/mol. The van der Waals surface area contributed by atoms with E-state index in [1.165, 1.54) is 6.07 Å². The van der Waals surface area contributed by atoms with Crippen LogP contribution in [0.1, 0.15) is 66.8 Å². The summed E-state index contributed by atoms with van der Waals surface area (Å²) in [6, 6.07) is 4.65. The number of benzene rings is 1. The number of rotatable bonds is 4. The summed E-state index contributed by atoms with van der Waals surface area (Å²) in [6.07, 6.45) is 1.82. The number of hydrogen-bond donors (Lipinski definition) is 1. The zero-order valence-corrected chi connectivity index (χ0v) is 17.3. The minimum absolute atomic E-state index is 0.0807. The van der Waals surface area contributed by atoms with Gasteiger partial charge in [-0.25, -0.2) is 0 Å². The van der Waals surface area contributed by atoms with Gasteiger partial charge in [-0.2, -0.15) is 18.2 Å². The molecule has 3 aliphatic rings. The average molecular weight is 448 g/mol. The third-order valence-corrected chi connectivity index (χ3v) is 6.80. The highest BCUT2D eigenvalue weighted by molar-refractivity contribution is 5.99. The molecule has 7 nitrogen and oxygen atoms in total. The Labute approximate surface area is 182 Å². The Morgan fingerprint density at radius 3 is 2.59 bits per heavy atom. The van der Waals surface area contributed by atoms with Crippen LogP contribution < -0.4 is 5.32 Å². The van der Waals surface area contributed by atoms with Gasteiger partial charge in [0.1, 0.15) is 0 Å². The van der Waals surface area contributed by atoms with Crippen molar-refractivity contribution >= 4 is 11.8 Å². The molecule has 2 fully saturated rings. The number of carbonyl (C=O) groups excluding carboxylic acids is 2. The first kappa shape index (κ1) is 21.0.